The van der Waals surface area contributed by atoms with Crippen molar-refractivity contribution in [2.24, 2.45) is 0 Å². The van der Waals surface area contributed by atoms with E-state index in [-0.39, 0.29) is 4.91 Å². The maximum atomic E-state index is 11.5. The topological polar surface area (TPSA) is 66.0 Å². The number of nitrogens with zero attached hydrogens (tertiary/aromatic N) is 1. The largest absolute Gasteiger partial charge is 0.477 e. The van der Waals surface area contributed by atoms with Crippen molar-refractivity contribution in [2.45, 2.75) is 12.1 Å². The molecule has 116 valence electrons. The molecule has 0 unspecified atom stereocenters. The predicted molar refractivity (Wildman–Crippen MR) is 96.4 cm³/mol. The molecule has 6 heteroatoms. The van der Waals surface area contributed by atoms with Gasteiger partial charge in [-0.25, -0.2) is 9.78 Å². The number of hydrogen-bond donors (Lipinski definition) is 2. The van der Waals surface area contributed by atoms with E-state index in [0.717, 1.165) is 38.4 Å². The van der Waals surface area contributed by atoms with Crippen LogP contribution in [0.25, 0.3) is 17.1 Å². The number of H-pyrrole nitrogens is 1. The van der Waals surface area contributed by atoms with Crippen LogP contribution in [0.3, 0.4) is 0 Å². The molecule has 4 nitrogen and oxygen atoms in total. The van der Waals surface area contributed by atoms with E-state index in [2.05, 4.69) is 25.9 Å². The van der Waals surface area contributed by atoms with Crippen LogP contribution in [0.4, 0.5) is 0 Å². The molecule has 0 aliphatic heterocycles. The number of thioether (sulfide) groups is 1. The van der Waals surface area contributed by atoms with Crippen molar-refractivity contribution in [3.05, 3.63) is 63.0 Å². The van der Waals surface area contributed by atoms with E-state index in [1.165, 1.54) is 0 Å². The van der Waals surface area contributed by atoms with Crippen molar-refractivity contribution in [1.82, 2.24) is 9.97 Å². The molecule has 3 rings (SSSR count). The molecule has 0 radical (unpaired) electrons. The summed E-state index contributed by atoms with van der Waals surface area (Å²) in [5.41, 5.74) is 3.63. The number of carbonyl (C=O) groups is 1. The van der Waals surface area contributed by atoms with E-state index >= 15 is 0 Å². The molecule has 0 saturated carbocycles. The average Bonchev–Trinajstić information content (AvgIpc) is 2.92. The molecule has 3 aromatic rings. The number of fused-ring (bicyclic) bond motifs is 1. The summed E-state index contributed by atoms with van der Waals surface area (Å²) in [7, 11) is 0. The molecule has 0 aliphatic carbocycles. The van der Waals surface area contributed by atoms with Crippen LogP contribution in [0.1, 0.15) is 11.1 Å². The van der Waals surface area contributed by atoms with Crippen molar-refractivity contribution < 1.29 is 9.90 Å². The SMILES string of the molecule is Cc1ccc(/C=C(\Sc2nc3ccccc3[nH]2)C(=O)O)cc1Br. The van der Waals surface area contributed by atoms with Gasteiger partial charge in [-0.2, -0.15) is 0 Å². The van der Waals surface area contributed by atoms with Crippen LogP contribution in [0, 0.1) is 6.92 Å². The maximum Gasteiger partial charge on any atom is 0.342 e. The van der Waals surface area contributed by atoms with Gasteiger partial charge in [0.25, 0.3) is 0 Å². The van der Waals surface area contributed by atoms with Crippen molar-refractivity contribution in [3.8, 4) is 0 Å². The lowest BCUT2D eigenvalue weighted by Crippen LogP contribution is -1.97. The van der Waals surface area contributed by atoms with Gasteiger partial charge in [-0.15, -0.1) is 0 Å². The van der Waals surface area contributed by atoms with E-state index in [1.54, 1.807) is 6.08 Å². The van der Waals surface area contributed by atoms with Crippen molar-refractivity contribution in [3.63, 3.8) is 0 Å². The van der Waals surface area contributed by atoms with Gasteiger partial charge >= 0.3 is 5.97 Å². The minimum Gasteiger partial charge on any atom is -0.477 e. The number of imidazole rings is 1. The Morgan fingerprint density at radius 2 is 2.09 bits per heavy atom. The summed E-state index contributed by atoms with van der Waals surface area (Å²) in [6.45, 7) is 1.98. The first-order chi connectivity index (χ1) is 11.0. The Kier molecular flexibility index (Phi) is 4.54. The Balaban J connectivity index is 1.93. The number of aliphatic carboxylic acids is 1. The molecule has 1 heterocycles. The molecule has 2 N–H and O–H groups in total. The fourth-order valence-corrected chi connectivity index (χ4v) is 3.26. The van der Waals surface area contributed by atoms with E-state index in [1.807, 2.05) is 49.4 Å². The van der Waals surface area contributed by atoms with E-state index in [0.29, 0.717) is 5.16 Å². The summed E-state index contributed by atoms with van der Waals surface area (Å²) in [5.74, 6) is -0.979. The number of rotatable bonds is 4. The van der Waals surface area contributed by atoms with E-state index in [4.69, 9.17) is 0 Å². The van der Waals surface area contributed by atoms with Crippen LogP contribution in [0.15, 0.2) is 57.0 Å². The second-order valence-corrected chi connectivity index (χ2v) is 6.87. The summed E-state index contributed by atoms with van der Waals surface area (Å²) in [5, 5.41) is 10.0. The van der Waals surface area contributed by atoms with Crippen LogP contribution < -0.4 is 0 Å². The lowest BCUT2D eigenvalue weighted by molar-refractivity contribution is -0.131. The Bertz CT molecular complexity index is 885. The van der Waals surface area contributed by atoms with Gasteiger partial charge in [0.2, 0.25) is 0 Å². The van der Waals surface area contributed by atoms with Crippen LogP contribution in [0.5, 0.6) is 0 Å². The summed E-state index contributed by atoms with van der Waals surface area (Å²) in [4.78, 5) is 19.3. The Labute approximate surface area is 145 Å². The third kappa shape index (κ3) is 3.65. The number of para-hydroxylation sites is 2. The minimum absolute atomic E-state index is 0.208. The normalized spacial score (nSPS) is 11.8. The van der Waals surface area contributed by atoms with Crippen LogP contribution in [-0.4, -0.2) is 21.0 Å². The zero-order valence-electron chi connectivity index (χ0n) is 12.2. The first-order valence-electron chi connectivity index (χ1n) is 6.86. The highest BCUT2D eigenvalue weighted by Crippen LogP contribution is 2.29. The molecule has 0 saturated heterocycles. The number of carboxylic acids is 1. The zero-order valence-corrected chi connectivity index (χ0v) is 14.6. The first kappa shape index (κ1) is 15.8. The lowest BCUT2D eigenvalue weighted by Gasteiger charge is -2.02. The fourth-order valence-electron chi connectivity index (χ4n) is 2.07. The Morgan fingerprint density at radius 3 is 2.78 bits per heavy atom. The number of benzene rings is 2. The number of hydrogen-bond acceptors (Lipinski definition) is 3. The number of aryl methyl sites for hydroxylation is 1. The number of aromatic amines is 1. The van der Waals surface area contributed by atoms with Crippen molar-refractivity contribution >= 4 is 50.8 Å². The van der Waals surface area contributed by atoms with E-state index < -0.39 is 5.97 Å². The summed E-state index contributed by atoms with van der Waals surface area (Å²) in [6.07, 6.45) is 1.64. The molecule has 0 fully saturated rings. The third-order valence-corrected chi connectivity index (χ3v) is 5.03. The molecule has 0 spiro atoms. The Hall–Kier alpha value is -2.05. The standard InChI is InChI=1S/C17H13BrN2O2S/c1-10-6-7-11(8-12(10)18)9-15(16(21)22)23-17-19-13-4-2-3-5-14(13)20-17/h2-9H,1H3,(H,19,20)(H,21,22)/b15-9-. The summed E-state index contributed by atoms with van der Waals surface area (Å²) < 4.78 is 0.949. The molecule has 2 aromatic carbocycles. The monoisotopic (exact) mass is 388 g/mol. The smallest absolute Gasteiger partial charge is 0.342 e. The second kappa shape index (κ2) is 6.60. The van der Waals surface area contributed by atoms with Gasteiger partial charge in [-0.3, -0.25) is 0 Å². The minimum atomic E-state index is -0.979. The highest BCUT2D eigenvalue weighted by molar-refractivity contribution is 9.10. The predicted octanol–water partition coefficient (Wildman–Crippen LogP) is 4.85. The average molecular weight is 389 g/mol. The molecular formula is C17H13BrN2O2S. The van der Waals surface area contributed by atoms with Crippen molar-refractivity contribution in [1.29, 1.82) is 0 Å². The van der Waals surface area contributed by atoms with Gasteiger partial charge in [0.05, 0.1) is 11.0 Å². The van der Waals surface area contributed by atoms with E-state index in [9.17, 15) is 9.90 Å². The molecule has 0 atom stereocenters. The molecule has 0 aliphatic rings. The molecule has 0 amide bonds. The summed E-state index contributed by atoms with van der Waals surface area (Å²) in [6, 6.07) is 13.3. The van der Waals surface area contributed by atoms with Gasteiger partial charge in [-0.05, 0) is 54.1 Å². The second-order valence-electron chi connectivity index (χ2n) is 4.98. The maximum absolute atomic E-state index is 11.5. The van der Waals surface area contributed by atoms with Crippen LogP contribution >= 0.6 is 27.7 Å². The molecule has 23 heavy (non-hydrogen) atoms. The van der Waals surface area contributed by atoms with Crippen molar-refractivity contribution in [2.75, 3.05) is 0 Å². The van der Waals surface area contributed by atoms with Gasteiger partial charge in [-0.1, -0.05) is 40.2 Å². The third-order valence-electron chi connectivity index (χ3n) is 3.28. The first-order valence-corrected chi connectivity index (χ1v) is 8.47. The zero-order chi connectivity index (χ0) is 16.4. The van der Waals surface area contributed by atoms with Crippen LogP contribution in [-0.2, 0) is 4.79 Å². The molecular weight excluding hydrogens is 376 g/mol. The number of carboxylic acid groups (broad SMARTS) is 1. The highest BCUT2D eigenvalue weighted by Gasteiger charge is 2.13. The van der Waals surface area contributed by atoms with Crippen LogP contribution in [0.2, 0.25) is 0 Å². The van der Waals surface area contributed by atoms with Gasteiger partial charge in [0, 0.05) is 4.47 Å². The highest BCUT2D eigenvalue weighted by atomic mass is 79.9. The number of nitrogens with one attached hydrogen (secondary N) is 1. The lowest BCUT2D eigenvalue weighted by atomic mass is 10.1. The number of halogens is 1. The molecule has 1 aromatic heterocycles. The fraction of sp³-hybridized carbons (Fsp3) is 0.0588. The summed E-state index contributed by atoms with van der Waals surface area (Å²) >= 11 is 4.57. The quantitative estimate of drug-likeness (QED) is 0.495. The Morgan fingerprint density at radius 1 is 1.30 bits per heavy atom. The van der Waals surface area contributed by atoms with Gasteiger partial charge < -0.3 is 10.1 Å². The molecule has 0 bridgehead atoms. The van der Waals surface area contributed by atoms with Gasteiger partial charge in [0.1, 0.15) is 4.91 Å². The van der Waals surface area contributed by atoms with Gasteiger partial charge in [0.15, 0.2) is 5.16 Å². The number of aromatic nitrogens is 2.